The Morgan fingerprint density at radius 3 is 1.75 bits per heavy atom. The van der Waals surface area contributed by atoms with Gasteiger partial charge in [-0.2, -0.15) is 9.98 Å². The number of aliphatic imine (C=N–C) groups is 2. The van der Waals surface area contributed by atoms with Crippen LogP contribution in [-0.4, -0.2) is 24.2 Å². The highest BCUT2D eigenvalue weighted by atomic mass is 16.1. The number of hydrogen-bond donors (Lipinski definition) is 0. The Kier molecular flexibility index (Phi) is 3.06. The number of rotatable bonds is 2. The first kappa shape index (κ1) is 10.5. The molecule has 16 heavy (non-hydrogen) atoms. The molecule has 0 N–H and O–H groups in total. The highest BCUT2D eigenvalue weighted by molar-refractivity contribution is 5.40. The molecule has 0 spiro atoms. The minimum absolute atomic E-state index is 0.283. The summed E-state index contributed by atoms with van der Waals surface area (Å²) >= 11 is 0. The van der Waals surface area contributed by atoms with Crippen molar-refractivity contribution in [2.45, 2.75) is 24.9 Å². The summed E-state index contributed by atoms with van der Waals surface area (Å²) in [7, 11) is 0. The van der Waals surface area contributed by atoms with E-state index >= 15 is 0 Å². The molecule has 0 bridgehead atoms. The summed E-state index contributed by atoms with van der Waals surface area (Å²) in [5.41, 5.74) is 2.31. The standard InChI is InChI=1S/C12H10N2O2/c15-7-13-11-5-9-3-1-2-4-10(9)6-12(11)14-8-16/h1-4,11-12H,5-6H2. The van der Waals surface area contributed by atoms with Gasteiger partial charge in [-0.3, -0.25) is 0 Å². The van der Waals surface area contributed by atoms with Gasteiger partial charge in [-0.1, -0.05) is 24.3 Å². The van der Waals surface area contributed by atoms with Crippen LogP contribution in [0.1, 0.15) is 11.1 Å². The number of fused-ring (bicyclic) bond motifs is 1. The topological polar surface area (TPSA) is 58.9 Å². The van der Waals surface area contributed by atoms with Crippen LogP contribution in [0.25, 0.3) is 0 Å². The summed E-state index contributed by atoms with van der Waals surface area (Å²) < 4.78 is 0. The molecule has 80 valence electrons. The minimum atomic E-state index is -0.283. The van der Waals surface area contributed by atoms with Crippen LogP contribution in [0, 0.1) is 0 Å². The Bertz CT molecular complexity index is 441. The summed E-state index contributed by atoms with van der Waals surface area (Å²) in [6.07, 6.45) is 4.34. The van der Waals surface area contributed by atoms with Gasteiger partial charge in [-0.15, -0.1) is 0 Å². The molecule has 0 aromatic heterocycles. The van der Waals surface area contributed by atoms with Crippen LogP contribution in [0.2, 0.25) is 0 Å². The van der Waals surface area contributed by atoms with Gasteiger partial charge in [0.15, 0.2) is 0 Å². The second-order valence-corrected chi connectivity index (χ2v) is 3.75. The van der Waals surface area contributed by atoms with Crippen LogP contribution in [-0.2, 0) is 22.4 Å². The Balaban J connectivity index is 2.36. The summed E-state index contributed by atoms with van der Waals surface area (Å²) in [5.74, 6) is 0. The predicted molar refractivity (Wildman–Crippen MR) is 57.7 cm³/mol. The average molecular weight is 214 g/mol. The van der Waals surface area contributed by atoms with Crippen molar-refractivity contribution in [3.63, 3.8) is 0 Å². The Morgan fingerprint density at radius 2 is 1.38 bits per heavy atom. The Morgan fingerprint density at radius 1 is 0.938 bits per heavy atom. The van der Waals surface area contributed by atoms with Crippen LogP contribution in [0.15, 0.2) is 34.3 Å². The molecular weight excluding hydrogens is 204 g/mol. The van der Waals surface area contributed by atoms with Gasteiger partial charge in [-0.05, 0) is 24.0 Å². The number of nitrogens with zero attached hydrogens (tertiary/aromatic N) is 2. The first-order valence-electron chi connectivity index (χ1n) is 5.06. The molecule has 4 nitrogen and oxygen atoms in total. The predicted octanol–water partition coefficient (Wildman–Crippen LogP) is 1.19. The monoisotopic (exact) mass is 214 g/mol. The molecule has 0 radical (unpaired) electrons. The van der Waals surface area contributed by atoms with Gasteiger partial charge < -0.3 is 0 Å². The number of carbonyl (C=O) groups excluding carboxylic acids is 2. The third kappa shape index (κ3) is 1.98. The first-order valence-corrected chi connectivity index (χ1v) is 5.06. The molecule has 0 saturated carbocycles. The van der Waals surface area contributed by atoms with Gasteiger partial charge in [0.25, 0.3) is 0 Å². The van der Waals surface area contributed by atoms with Crippen molar-refractivity contribution in [3.8, 4) is 0 Å². The molecule has 4 heteroatoms. The minimum Gasteiger partial charge on any atom is -0.211 e. The number of hydrogen-bond acceptors (Lipinski definition) is 4. The third-order valence-electron chi connectivity index (χ3n) is 2.86. The highest BCUT2D eigenvalue weighted by Crippen LogP contribution is 2.24. The van der Waals surface area contributed by atoms with E-state index in [-0.39, 0.29) is 12.1 Å². The van der Waals surface area contributed by atoms with Crippen molar-refractivity contribution in [2.24, 2.45) is 9.98 Å². The van der Waals surface area contributed by atoms with Crippen molar-refractivity contribution in [1.29, 1.82) is 0 Å². The van der Waals surface area contributed by atoms with E-state index in [0.717, 1.165) is 11.1 Å². The smallest absolute Gasteiger partial charge is 0.211 e. The number of benzene rings is 1. The molecule has 0 fully saturated rings. The van der Waals surface area contributed by atoms with E-state index in [2.05, 4.69) is 9.98 Å². The van der Waals surface area contributed by atoms with E-state index in [1.165, 1.54) is 0 Å². The molecule has 1 aromatic rings. The van der Waals surface area contributed by atoms with Gasteiger partial charge in [0.1, 0.15) is 0 Å². The second-order valence-electron chi connectivity index (χ2n) is 3.75. The van der Waals surface area contributed by atoms with E-state index in [1.54, 1.807) is 12.2 Å². The molecule has 2 rings (SSSR count). The zero-order chi connectivity index (χ0) is 11.4. The third-order valence-corrected chi connectivity index (χ3v) is 2.86. The van der Waals surface area contributed by atoms with Crippen LogP contribution in [0.3, 0.4) is 0 Å². The molecule has 0 saturated heterocycles. The Hall–Kier alpha value is -2.02. The van der Waals surface area contributed by atoms with Crippen molar-refractivity contribution in [1.82, 2.24) is 0 Å². The lowest BCUT2D eigenvalue weighted by Gasteiger charge is -2.25. The molecule has 1 aliphatic carbocycles. The van der Waals surface area contributed by atoms with Crippen molar-refractivity contribution in [2.75, 3.05) is 0 Å². The second kappa shape index (κ2) is 4.67. The van der Waals surface area contributed by atoms with Crippen LogP contribution in [0.4, 0.5) is 0 Å². The van der Waals surface area contributed by atoms with E-state index in [9.17, 15) is 9.59 Å². The lowest BCUT2D eigenvalue weighted by molar-refractivity contribution is 0.480. The zero-order valence-electron chi connectivity index (χ0n) is 8.59. The summed E-state index contributed by atoms with van der Waals surface area (Å²) in [6, 6.07) is 7.34. The first-order chi connectivity index (χ1) is 7.85. The lowest BCUT2D eigenvalue weighted by Crippen LogP contribution is -2.32. The lowest BCUT2D eigenvalue weighted by atomic mass is 9.85. The fourth-order valence-corrected chi connectivity index (χ4v) is 2.08. The van der Waals surface area contributed by atoms with Gasteiger partial charge in [0.05, 0.1) is 12.1 Å². The van der Waals surface area contributed by atoms with E-state index < -0.39 is 0 Å². The zero-order valence-corrected chi connectivity index (χ0v) is 8.59. The molecule has 1 aromatic carbocycles. The molecule has 0 aliphatic heterocycles. The van der Waals surface area contributed by atoms with Crippen molar-refractivity contribution < 1.29 is 9.59 Å². The van der Waals surface area contributed by atoms with Crippen molar-refractivity contribution >= 4 is 12.2 Å². The summed E-state index contributed by atoms with van der Waals surface area (Å²) in [4.78, 5) is 28.0. The maximum atomic E-state index is 10.3. The fourth-order valence-electron chi connectivity index (χ4n) is 2.08. The highest BCUT2D eigenvalue weighted by Gasteiger charge is 2.27. The van der Waals surface area contributed by atoms with E-state index in [1.807, 2.05) is 24.3 Å². The Labute approximate surface area is 92.7 Å². The molecule has 2 atom stereocenters. The summed E-state index contributed by atoms with van der Waals surface area (Å²) in [6.45, 7) is 0. The van der Waals surface area contributed by atoms with Gasteiger partial charge in [0, 0.05) is 0 Å². The SMILES string of the molecule is O=C=NC1Cc2ccccc2CC1N=C=O. The fraction of sp³-hybridized carbons (Fsp3) is 0.333. The molecule has 0 amide bonds. The molecule has 0 heterocycles. The van der Waals surface area contributed by atoms with E-state index in [0.29, 0.717) is 12.8 Å². The van der Waals surface area contributed by atoms with E-state index in [4.69, 9.17) is 0 Å². The quantitative estimate of drug-likeness (QED) is 0.548. The van der Waals surface area contributed by atoms with Crippen LogP contribution < -0.4 is 0 Å². The maximum absolute atomic E-state index is 10.3. The van der Waals surface area contributed by atoms with Crippen LogP contribution >= 0.6 is 0 Å². The largest absolute Gasteiger partial charge is 0.235 e. The molecule has 2 unspecified atom stereocenters. The van der Waals surface area contributed by atoms with Gasteiger partial charge >= 0.3 is 0 Å². The molecular formula is C12H10N2O2. The number of isocyanates is 2. The van der Waals surface area contributed by atoms with Gasteiger partial charge in [0.2, 0.25) is 12.2 Å². The average Bonchev–Trinajstić information content (AvgIpc) is 2.30. The van der Waals surface area contributed by atoms with Crippen molar-refractivity contribution in [3.05, 3.63) is 35.4 Å². The maximum Gasteiger partial charge on any atom is 0.235 e. The summed E-state index contributed by atoms with van der Waals surface area (Å²) in [5, 5.41) is 0. The van der Waals surface area contributed by atoms with Gasteiger partial charge in [-0.25, -0.2) is 9.59 Å². The molecule has 1 aliphatic rings. The normalized spacial score (nSPS) is 22.5. The van der Waals surface area contributed by atoms with Crippen LogP contribution in [0.5, 0.6) is 0 Å².